The first kappa shape index (κ1) is 19.4. The Morgan fingerprint density at radius 1 is 0.893 bits per heavy atom. The quantitative estimate of drug-likeness (QED) is 0.411. The van der Waals surface area contributed by atoms with Crippen molar-refractivity contribution in [3.8, 4) is 11.1 Å². The average Bonchev–Trinajstić information content (AvgIpc) is 2.73. The van der Waals surface area contributed by atoms with Gasteiger partial charge in [-0.1, -0.05) is 54.6 Å². The molecule has 0 aliphatic carbocycles. The molecule has 28 heavy (non-hydrogen) atoms. The maximum atomic E-state index is 11.8. The fourth-order valence-corrected chi connectivity index (χ4v) is 2.90. The van der Waals surface area contributed by atoms with E-state index in [9.17, 15) is 15.0 Å². The zero-order valence-corrected chi connectivity index (χ0v) is 15.2. The summed E-state index contributed by atoms with van der Waals surface area (Å²) in [7, 11) is 0. The zero-order chi connectivity index (χ0) is 19.9. The maximum absolute atomic E-state index is 11.8. The summed E-state index contributed by atoms with van der Waals surface area (Å²) in [5.41, 5.74) is 3.71. The fourth-order valence-electron chi connectivity index (χ4n) is 2.90. The summed E-state index contributed by atoms with van der Waals surface area (Å²) in [5.74, 6) is -1.06. The number of hydrogen-bond donors (Lipinski definition) is 5. The minimum Gasteiger partial charge on any atom is -0.478 e. The number of benzene rings is 3. The van der Waals surface area contributed by atoms with Crippen molar-refractivity contribution in [2.45, 2.75) is 6.10 Å². The van der Waals surface area contributed by atoms with Gasteiger partial charge in [0.15, 0.2) is 0 Å². The van der Waals surface area contributed by atoms with Crippen LogP contribution in [0, 0.1) is 0 Å². The first-order valence-corrected chi connectivity index (χ1v) is 8.90. The van der Waals surface area contributed by atoms with Crippen LogP contribution < -0.4 is 10.6 Å². The summed E-state index contributed by atoms with van der Waals surface area (Å²) < 4.78 is 0. The molecule has 0 aromatic heterocycles. The number of aliphatic hydroxyl groups is 2. The third-order valence-corrected chi connectivity index (χ3v) is 4.31. The number of nitrogens with one attached hydrogen (secondary N) is 2. The number of aliphatic hydroxyl groups excluding tert-OH is 2. The molecule has 3 aromatic carbocycles. The number of aromatic carboxylic acids is 1. The normalized spacial score (nSPS) is 11.6. The lowest BCUT2D eigenvalue weighted by molar-refractivity contribution is 0.0698. The van der Waals surface area contributed by atoms with Crippen molar-refractivity contribution in [2.24, 2.45) is 0 Å². The fraction of sp³-hybridized carbons (Fsp3) is 0.136. The highest BCUT2D eigenvalue weighted by atomic mass is 16.4. The summed E-state index contributed by atoms with van der Waals surface area (Å²) in [6, 6.07) is 22.3. The van der Waals surface area contributed by atoms with Gasteiger partial charge in [0.25, 0.3) is 0 Å². The number of hydrogen-bond acceptors (Lipinski definition) is 5. The van der Waals surface area contributed by atoms with E-state index in [2.05, 4.69) is 10.6 Å². The molecule has 0 amide bonds. The molecular weight excluding hydrogens is 356 g/mol. The van der Waals surface area contributed by atoms with Crippen molar-refractivity contribution in [2.75, 3.05) is 23.8 Å². The Kier molecular flexibility index (Phi) is 6.26. The van der Waals surface area contributed by atoms with Crippen LogP contribution in [0.25, 0.3) is 11.1 Å². The number of rotatable bonds is 8. The van der Waals surface area contributed by atoms with Crippen LogP contribution in [0.5, 0.6) is 0 Å². The topological polar surface area (TPSA) is 102 Å². The molecule has 0 radical (unpaired) electrons. The second-order valence-electron chi connectivity index (χ2n) is 6.29. The van der Waals surface area contributed by atoms with Crippen LogP contribution in [0.3, 0.4) is 0 Å². The first-order chi connectivity index (χ1) is 13.6. The van der Waals surface area contributed by atoms with Gasteiger partial charge in [0.2, 0.25) is 0 Å². The summed E-state index contributed by atoms with van der Waals surface area (Å²) in [6.45, 7) is -0.292. The molecule has 144 valence electrons. The van der Waals surface area contributed by atoms with Crippen LogP contribution in [0.15, 0.2) is 72.8 Å². The van der Waals surface area contributed by atoms with Crippen molar-refractivity contribution in [3.05, 3.63) is 78.4 Å². The van der Waals surface area contributed by atoms with E-state index in [-0.39, 0.29) is 18.7 Å². The molecule has 0 spiro atoms. The van der Waals surface area contributed by atoms with E-state index in [4.69, 9.17) is 5.11 Å². The summed E-state index contributed by atoms with van der Waals surface area (Å²) in [5, 5.41) is 34.5. The van der Waals surface area contributed by atoms with Crippen LogP contribution in [-0.4, -0.2) is 40.5 Å². The predicted molar refractivity (Wildman–Crippen MR) is 110 cm³/mol. The van der Waals surface area contributed by atoms with Crippen molar-refractivity contribution in [1.82, 2.24) is 0 Å². The van der Waals surface area contributed by atoms with Crippen LogP contribution in [0.2, 0.25) is 0 Å². The molecule has 6 nitrogen and oxygen atoms in total. The third-order valence-electron chi connectivity index (χ3n) is 4.31. The Bertz CT molecular complexity index is 944. The van der Waals surface area contributed by atoms with Gasteiger partial charge >= 0.3 is 5.97 Å². The standard InChI is InChI=1S/C22H22N2O4/c25-14-16(26)13-23-20-12-6-10-18(22(27)28)21(20)24-19-11-5-4-9-17(19)15-7-2-1-3-8-15/h1-12,16,23-26H,13-14H2,(H,27,28). The molecule has 3 aromatic rings. The van der Waals surface area contributed by atoms with Crippen LogP contribution in [0.1, 0.15) is 10.4 Å². The Morgan fingerprint density at radius 3 is 2.29 bits per heavy atom. The molecule has 1 unspecified atom stereocenters. The predicted octanol–water partition coefficient (Wildman–Crippen LogP) is 3.56. The third kappa shape index (κ3) is 4.49. The minimum atomic E-state index is -1.06. The van der Waals surface area contributed by atoms with Crippen LogP contribution >= 0.6 is 0 Å². The molecule has 3 rings (SSSR count). The molecular formula is C22H22N2O4. The Hall–Kier alpha value is -3.35. The van der Waals surface area contributed by atoms with Gasteiger partial charge in [-0.25, -0.2) is 4.79 Å². The lowest BCUT2D eigenvalue weighted by Gasteiger charge is -2.19. The molecule has 0 fully saturated rings. The van der Waals surface area contributed by atoms with Crippen molar-refractivity contribution in [1.29, 1.82) is 0 Å². The van der Waals surface area contributed by atoms with Crippen molar-refractivity contribution < 1.29 is 20.1 Å². The van der Waals surface area contributed by atoms with Crippen LogP contribution in [0.4, 0.5) is 17.1 Å². The second kappa shape index (κ2) is 9.03. The molecule has 5 N–H and O–H groups in total. The van der Waals surface area contributed by atoms with Gasteiger partial charge in [-0.05, 0) is 23.8 Å². The average molecular weight is 378 g/mol. The number of para-hydroxylation sites is 2. The van der Waals surface area contributed by atoms with E-state index in [1.807, 2.05) is 54.6 Å². The molecule has 6 heteroatoms. The van der Waals surface area contributed by atoms with Gasteiger partial charge < -0.3 is 26.0 Å². The minimum absolute atomic E-state index is 0.0918. The van der Waals surface area contributed by atoms with E-state index in [1.54, 1.807) is 12.1 Å². The van der Waals surface area contributed by atoms with Gasteiger partial charge in [-0.15, -0.1) is 0 Å². The molecule has 0 heterocycles. The van der Waals surface area contributed by atoms with E-state index in [0.29, 0.717) is 11.4 Å². The van der Waals surface area contributed by atoms with Gasteiger partial charge in [0, 0.05) is 17.8 Å². The monoisotopic (exact) mass is 378 g/mol. The molecule has 0 saturated carbocycles. The smallest absolute Gasteiger partial charge is 0.337 e. The highest BCUT2D eigenvalue weighted by molar-refractivity contribution is 6.00. The molecule has 0 saturated heterocycles. The molecule has 0 aliphatic rings. The molecule has 0 bridgehead atoms. The second-order valence-corrected chi connectivity index (χ2v) is 6.29. The summed E-state index contributed by atoms with van der Waals surface area (Å²) in [4.78, 5) is 11.8. The lowest BCUT2D eigenvalue weighted by atomic mass is 10.0. The number of carbonyl (C=O) groups is 1. The van der Waals surface area contributed by atoms with Gasteiger partial charge in [0.1, 0.15) is 0 Å². The lowest BCUT2D eigenvalue weighted by Crippen LogP contribution is -2.23. The molecule has 1 atom stereocenters. The number of anilines is 3. The highest BCUT2D eigenvalue weighted by Gasteiger charge is 2.16. The number of carboxylic acids is 1. The van der Waals surface area contributed by atoms with Gasteiger partial charge in [-0.2, -0.15) is 0 Å². The zero-order valence-electron chi connectivity index (χ0n) is 15.2. The van der Waals surface area contributed by atoms with Crippen molar-refractivity contribution in [3.63, 3.8) is 0 Å². The highest BCUT2D eigenvalue weighted by Crippen LogP contribution is 2.34. The summed E-state index contributed by atoms with van der Waals surface area (Å²) >= 11 is 0. The van der Waals surface area contributed by atoms with Gasteiger partial charge in [-0.3, -0.25) is 0 Å². The maximum Gasteiger partial charge on any atom is 0.337 e. The Labute approximate surface area is 163 Å². The van der Waals surface area contributed by atoms with Crippen molar-refractivity contribution >= 4 is 23.0 Å². The molecule has 0 aliphatic heterocycles. The van der Waals surface area contributed by atoms with Crippen LogP contribution in [-0.2, 0) is 0 Å². The van der Waals surface area contributed by atoms with Gasteiger partial charge in [0.05, 0.1) is 29.6 Å². The Morgan fingerprint density at radius 2 is 1.57 bits per heavy atom. The largest absolute Gasteiger partial charge is 0.478 e. The Balaban J connectivity index is 2.01. The van der Waals surface area contributed by atoms with E-state index in [0.717, 1.165) is 16.8 Å². The van der Waals surface area contributed by atoms with E-state index >= 15 is 0 Å². The van der Waals surface area contributed by atoms with E-state index < -0.39 is 12.1 Å². The first-order valence-electron chi connectivity index (χ1n) is 8.90. The summed E-state index contributed by atoms with van der Waals surface area (Å²) in [6.07, 6.45) is -0.946. The number of carboxylic acid groups (broad SMARTS) is 1. The van der Waals surface area contributed by atoms with E-state index in [1.165, 1.54) is 6.07 Å². The SMILES string of the molecule is O=C(O)c1cccc(NCC(O)CO)c1Nc1ccccc1-c1ccccc1.